The van der Waals surface area contributed by atoms with Crippen molar-refractivity contribution in [3.8, 4) is 0 Å². The number of nitrogens with zero attached hydrogens (tertiary/aromatic N) is 1. The topological polar surface area (TPSA) is 46.6 Å². The number of ether oxygens (including phenoxy) is 1. The number of carbonyl (C=O) groups is 1. The maximum atomic E-state index is 12.0. The minimum atomic E-state index is -3.67. The zero-order valence-corrected chi connectivity index (χ0v) is 13.3. The van der Waals surface area contributed by atoms with E-state index in [-0.39, 0.29) is 6.10 Å². The fourth-order valence-electron chi connectivity index (χ4n) is 1.57. The normalized spacial score (nSPS) is 13.2. The van der Waals surface area contributed by atoms with Gasteiger partial charge < -0.3 is 4.74 Å². The maximum absolute atomic E-state index is 12.0. The van der Waals surface area contributed by atoms with Crippen LogP contribution in [0, 0.1) is 0 Å². The summed E-state index contributed by atoms with van der Waals surface area (Å²) >= 11 is 11.5. The summed E-state index contributed by atoms with van der Waals surface area (Å²) in [6.45, 7) is 5.02. The van der Waals surface area contributed by atoms with Gasteiger partial charge in [-0.2, -0.15) is 0 Å². The fraction of sp³-hybridized carbons (Fsp3) is 0.417. The first kappa shape index (κ1) is 16.4. The third-order valence-electron chi connectivity index (χ3n) is 2.33. The Labute approximate surface area is 122 Å². The molecule has 0 fully saturated rings. The van der Waals surface area contributed by atoms with E-state index in [9.17, 15) is 9.36 Å². The first-order valence-electron chi connectivity index (χ1n) is 5.78. The predicted octanol–water partition coefficient (Wildman–Crippen LogP) is 4.42. The minimum Gasteiger partial charge on any atom is -0.461 e. The Balaban J connectivity index is 3.06. The smallest absolute Gasteiger partial charge is 0.346 e. The van der Waals surface area contributed by atoms with Gasteiger partial charge in [0.2, 0.25) is 0 Å². The van der Waals surface area contributed by atoms with E-state index >= 15 is 0 Å². The SMILES string of the molecule is CC(C)OC(=O)C(C)N(c1ccccc1)P(=O)(Cl)Cl. The second kappa shape index (κ2) is 6.65. The number of anilines is 1. The van der Waals surface area contributed by atoms with Gasteiger partial charge in [-0.05, 0) is 55.4 Å². The summed E-state index contributed by atoms with van der Waals surface area (Å²) in [4.78, 5) is 11.9. The third kappa shape index (κ3) is 4.72. The van der Waals surface area contributed by atoms with Crippen LogP contribution < -0.4 is 4.67 Å². The standard InChI is InChI=1S/C12H16Cl2NO3P/c1-9(2)18-12(16)10(3)15(19(13,14)17)11-7-5-4-6-8-11/h4-10H,1-3H3. The summed E-state index contributed by atoms with van der Waals surface area (Å²) in [7, 11) is 0. The fourth-order valence-corrected chi connectivity index (χ4v) is 3.78. The van der Waals surface area contributed by atoms with E-state index in [4.69, 9.17) is 27.2 Å². The summed E-state index contributed by atoms with van der Waals surface area (Å²) in [5.41, 5.74) is 0.504. The van der Waals surface area contributed by atoms with E-state index in [0.29, 0.717) is 5.69 Å². The molecule has 0 radical (unpaired) electrons. The highest BCUT2D eigenvalue weighted by atomic mass is 35.9. The molecule has 1 atom stereocenters. The molecule has 0 N–H and O–H groups in total. The molecule has 19 heavy (non-hydrogen) atoms. The Bertz CT molecular complexity index is 475. The number of hydrogen-bond acceptors (Lipinski definition) is 3. The van der Waals surface area contributed by atoms with Crippen LogP contribution in [-0.4, -0.2) is 18.1 Å². The van der Waals surface area contributed by atoms with Crippen LogP contribution in [0.3, 0.4) is 0 Å². The molecule has 7 heteroatoms. The van der Waals surface area contributed by atoms with Crippen molar-refractivity contribution in [1.29, 1.82) is 0 Å². The number of benzene rings is 1. The van der Waals surface area contributed by atoms with Gasteiger partial charge in [0.15, 0.2) is 0 Å². The lowest BCUT2D eigenvalue weighted by Crippen LogP contribution is -2.37. The van der Waals surface area contributed by atoms with E-state index < -0.39 is 18.0 Å². The molecule has 0 saturated carbocycles. The molecular formula is C12H16Cl2NO3P. The monoisotopic (exact) mass is 323 g/mol. The van der Waals surface area contributed by atoms with Gasteiger partial charge in [-0.15, -0.1) is 0 Å². The van der Waals surface area contributed by atoms with E-state index in [0.717, 1.165) is 0 Å². The molecular weight excluding hydrogens is 308 g/mol. The Morgan fingerprint density at radius 3 is 2.16 bits per heavy atom. The van der Waals surface area contributed by atoms with E-state index in [1.165, 1.54) is 4.67 Å². The van der Waals surface area contributed by atoms with Crippen LogP contribution in [0.1, 0.15) is 20.8 Å². The van der Waals surface area contributed by atoms with Crippen LogP contribution in [0.4, 0.5) is 5.69 Å². The van der Waals surface area contributed by atoms with Crippen molar-refractivity contribution in [1.82, 2.24) is 0 Å². The van der Waals surface area contributed by atoms with Crippen molar-refractivity contribution in [2.75, 3.05) is 4.67 Å². The number of carbonyl (C=O) groups excluding carboxylic acids is 1. The lowest BCUT2D eigenvalue weighted by atomic mass is 10.2. The van der Waals surface area contributed by atoms with Crippen LogP contribution in [0.2, 0.25) is 0 Å². The molecule has 0 bridgehead atoms. The summed E-state index contributed by atoms with van der Waals surface area (Å²) in [5, 5.41) is 0. The van der Waals surface area contributed by atoms with E-state index in [1.807, 2.05) is 0 Å². The molecule has 0 aliphatic heterocycles. The zero-order chi connectivity index (χ0) is 14.6. The second-order valence-corrected chi connectivity index (χ2v) is 8.85. The van der Waals surface area contributed by atoms with Crippen molar-refractivity contribution >= 4 is 40.1 Å². The molecule has 0 aliphatic rings. The highest BCUT2D eigenvalue weighted by molar-refractivity contribution is 8.09. The van der Waals surface area contributed by atoms with Gasteiger partial charge in [0.25, 0.3) is 0 Å². The molecule has 1 unspecified atom stereocenters. The van der Waals surface area contributed by atoms with Crippen LogP contribution >= 0.6 is 28.5 Å². The van der Waals surface area contributed by atoms with Gasteiger partial charge in [0.1, 0.15) is 6.04 Å². The number of esters is 1. The van der Waals surface area contributed by atoms with Crippen LogP contribution in [0.15, 0.2) is 30.3 Å². The molecule has 0 aromatic heterocycles. The van der Waals surface area contributed by atoms with Crippen LogP contribution in [-0.2, 0) is 14.1 Å². The Kier molecular flexibility index (Phi) is 5.72. The average molecular weight is 324 g/mol. The Morgan fingerprint density at radius 1 is 1.21 bits per heavy atom. The lowest BCUT2D eigenvalue weighted by molar-refractivity contribution is -0.148. The van der Waals surface area contributed by atoms with Crippen molar-refractivity contribution in [2.45, 2.75) is 32.9 Å². The molecule has 4 nitrogen and oxygen atoms in total. The molecule has 0 spiro atoms. The largest absolute Gasteiger partial charge is 0.461 e. The highest BCUT2D eigenvalue weighted by Crippen LogP contribution is 2.62. The van der Waals surface area contributed by atoms with Gasteiger partial charge >= 0.3 is 12.0 Å². The molecule has 1 aromatic rings. The van der Waals surface area contributed by atoms with E-state index in [1.54, 1.807) is 51.1 Å². The Morgan fingerprint density at radius 2 is 1.74 bits per heavy atom. The lowest BCUT2D eigenvalue weighted by Gasteiger charge is -2.30. The number of para-hydroxylation sites is 1. The maximum Gasteiger partial charge on any atom is 0.346 e. The molecule has 0 heterocycles. The van der Waals surface area contributed by atoms with Gasteiger partial charge in [0.05, 0.1) is 6.10 Å². The molecule has 1 rings (SSSR count). The van der Waals surface area contributed by atoms with Crippen molar-refractivity contribution in [3.05, 3.63) is 30.3 Å². The average Bonchev–Trinajstić information content (AvgIpc) is 2.27. The van der Waals surface area contributed by atoms with Gasteiger partial charge in [-0.1, -0.05) is 18.2 Å². The number of rotatable bonds is 5. The predicted molar refractivity (Wildman–Crippen MR) is 78.9 cm³/mol. The summed E-state index contributed by atoms with van der Waals surface area (Å²) in [5.74, 6) is -4.20. The van der Waals surface area contributed by atoms with Crippen molar-refractivity contribution < 1.29 is 14.1 Å². The molecule has 0 saturated heterocycles. The highest BCUT2D eigenvalue weighted by Gasteiger charge is 2.35. The van der Waals surface area contributed by atoms with Crippen LogP contribution in [0.25, 0.3) is 0 Å². The summed E-state index contributed by atoms with van der Waals surface area (Å²) in [6.07, 6.45) is -0.266. The van der Waals surface area contributed by atoms with Gasteiger partial charge in [0, 0.05) is 5.69 Å². The molecule has 106 valence electrons. The first-order chi connectivity index (χ1) is 8.73. The third-order valence-corrected chi connectivity index (χ3v) is 4.39. The zero-order valence-electron chi connectivity index (χ0n) is 10.9. The van der Waals surface area contributed by atoms with E-state index in [2.05, 4.69) is 0 Å². The minimum absolute atomic E-state index is 0.266. The van der Waals surface area contributed by atoms with Crippen LogP contribution in [0.5, 0.6) is 0 Å². The quantitative estimate of drug-likeness (QED) is 0.594. The molecule has 0 aliphatic carbocycles. The second-order valence-electron chi connectivity index (χ2n) is 4.28. The summed E-state index contributed by atoms with van der Waals surface area (Å²) < 4.78 is 18.3. The number of hydrogen-bond donors (Lipinski definition) is 0. The molecule has 0 amide bonds. The van der Waals surface area contributed by atoms with Crippen molar-refractivity contribution in [3.63, 3.8) is 0 Å². The Hall–Kier alpha value is -0.700. The van der Waals surface area contributed by atoms with Crippen molar-refractivity contribution in [2.24, 2.45) is 0 Å². The van der Waals surface area contributed by atoms with Gasteiger partial charge in [-0.25, -0.2) is 4.79 Å². The molecule has 1 aromatic carbocycles. The van der Waals surface area contributed by atoms with Gasteiger partial charge in [-0.3, -0.25) is 9.24 Å². The number of halogens is 2. The summed E-state index contributed by atoms with van der Waals surface area (Å²) in [6, 6.07) is 7.79. The first-order valence-corrected chi connectivity index (χ1v) is 9.25.